The van der Waals surface area contributed by atoms with Gasteiger partial charge in [0.25, 0.3) is 5.56 Å². The van der Waals surface area contributed by atoms with Gasteiger partial charge < -0.3 is 14.3 Å². The van der Waals surface area contributed by atoms with E-state index >= 15 is 0 Å². The number of nitrogens with one attached hydrogen (secondary N) is 2. The van der Waals surface area contributed by atoms with E-state index in [-0.39, 0.29) is 5.56 Å². The minimum absolute atomic E-state index is 0.0955. The van der Waals surface area contributed by atoms with Crippen LogP contribution in [0.5, 0.6) is 0 Å². The number of H-pyrrole nitrogens is 1. The summed E-state index contributed by atoms with van der Waals surface area (Å²) in [5, 5.41) is 0.691. The Bertz CT molecular complexity index is 1140. The molecule has 0 bridgehead atoms. The third-order valence-electron chi connectivity index (χ3n) is 4.30. The van der Waals surface area contributed by atoms with Crippen molar-refractivity contribution < 1.29 is 9.32 Å². The van der Waals surface area contributed by atoms with Crippen molar-refractivity contribution in [3.05, 3.63) is 75.2 Å². The van der Waals surface area contributed by atoms with Crippen LogP contribution in [0.2, 0.25) is 5.02 Å². The predicted molar refractivity (Wildman–Crippen MR) is 108 cm³/mol. The number of aromatic nitrogens is 2. The number of furan rings is 1. The number of nitrogens with zero attached hydrogens (tertiary/aromatic N) is 1. The number of quaternary nitrogens is 1. The van der Waals surface area contributed by atoms with Gasteiger partial charge in [0.05, 0.1) is 12.6 Å². The van der Waals surface area contributed by atoms with E-state index in [9.17, 15) is 4.79 Å². The van der Waals surface area contributed by atoms with Crippen LogP contribution in [0.25, 0.3) is 20.7 Å². The van der Waals surface area contributed by atoms with Crippen molar-refractivity contribution in [1.29, 1.82) is 0 Å². The molecule has 7 heteroatoms. The van der Waals surface area contributed by atoms with Gasteiger partial charge in [0.15, 0.2) is 11.6 Å². The van der Waals surface area contributed by atoms with Gasteiger partial charge in [0.2, 0.25) is 0 Å². The SMILES string of the molecule is Cc1ccc(C[NH+](C)Cc2nc3cc(-c4ccc(Cl)cc4)sc3c(=O)[nH]2)o1. The lowest BCUT2D eigenvalue weighted by molar-refractivity contribution is -0.909. The number of aryl methyl sites for hydroxylation is 1. The van der Waals surface area contributed by atoms with Gasteiger partial charge in [-0.25, -0.2) is 4.98 Å². The molecule has 0 saturated carbocycles. The molecule has 138 valence electrons. The molecule has 3 aromatic heterocycles. The van der Waals surface area contributed by atoms with Crippen LogP contribution in [0.4, 0.5) is 0 Å². The molecule has 2 N–H and O–H groups in total. The van der Waals surface area contributed by atoms with Crippen LogP contribution in [0.3, 0.4) is 0 Å². The molecular formula is C20H19ClN3O2S+. The lowest BCUT2D eigenvalue weighted by atomic mass is 10.2. The molecule has 0 aliphatic rings. The molecule has 0 spiro atoms. The quantitative estimate of drug-likeness (QED) is 0.539. The Morgan fingerprint density at radius 1 is 1.19 bits per heavy atom. The summed E-state index contributed by atoms with van der Waals surface area (Å²) < 4.78 is 6.27. The van der Waals surface area contributed by atoms with Crippen LogP contribution in [-0.4, -0.2) is 17.0 Å². The topological polar surface area (TPSA) is 63.3 Å². The smallest absolute Gasteiger partial charge is 0.269 e. The molecule has 27 heavy (non-hydrogen) atoms. The first-order chi connectivity index (χ1) is 13.0. The van der Waals surface area contributed by atoms with Crippen LogP contribution in [0.15, 0.2) is 51.7 Å². The van der Waals surface area contributed by atoms with Gasteiger partial charge in [0.1, 0.15) is 23.5 Å². The average Bonchev–Trinajstić information content (AvgIpc) is 3.22. The number of benzene rings is 1. The van der Waals surface area contributed by atoms with Crippen molar-refractivity contribution in [1.82, 2.24) is 9.97 Å². The van der Waals surface area contributed by atoms with E-state index in [4.69, 9.17) is 16.0 Å². The lowest BCUT2D eigenvalue weighted by Gasteiger charge is -2.11. The number of fused-ring (bicyclic) bond motifs is 1. The molecule has 1 atom stereocenters. The maximum Gasteiger partial charge on any atom is 0.269 e. The summed E-state index contributed by atoms with van der Waals surface area (Å²) in [6, 6.07) is 13.5. The fraction of sp³-hybridized carbons (Fsp3) is 0.200. The van der Waals surface area contributed by atoms with Gasteiger partial charge in [-0.1, -0.05) is 23.7 Å². The second-order valence-electron chi connectivity index (χ2n) is 6.67. The third-order valence-corrected chi connectivity index (χ3v) is 5.73. The summed E-state index contributed by atoms with van der Waals surface area (Å²) in [6.07, 6.45) is 0. The Morgan fingerprint density at radius 3 is 2.67 bits per heavy atom. The van der Waals surface area contributed by atoms with Crippen LogP contribution >= 0.6 is 22.9 Å². The predicted octanol–water partition coefficient (Wildman–Crippen LogP) is 3.42. The third kappa shape index (κ3) is 3.98. The molecule has 0 amide bonds. The first-order valence-corrected chi connectivity index (χ1v) is 9.82. The monoisotopic (exact) mass is 400 g/mol. The van der Waals surface area contributed by atoms with Crippen molar-refractivity contribution in [2.75, 3.05) is 7.05 Å². The molecular weight excluding hydrogens is 382 g/mol. The van der Waals surface area contributed by atoms with E-state index in [0.29, 0.717) is 22.1 Å². The van der Waals surface area contributed by atoms with Crippen molar-refractivity contribution in [3.63, 3.8) is 0 Å². The standard InChI is InChI=1S/C20H18ClN3O2S/c1-12-3-8-15(26-12)10-24(2)11-18-22-16-9-17(27-19(16)20(25)23-18)13-4-6-14(21)7-5-13/h3-9H,10-11H2,1-2H3,(H,22,23,25)/p+1. The second-order valence-corrected chi connectivity index (χ2v) is 8.16. The number of aromatic amines is 1. The molecule has 0 radical (unpaired) electrons. The fourth-order valence-electron chi connectivity index (χ4n) is 3.05. The van der Waals surface area contributed by atoms with Crippen molar-refractivity contribution in [3.8, 4) is 10.4 Å². The Morgan fingerprint density at radius 2 is 1.96 bits per heavy atom. The molecule has 0 aliphatic heterocycles. The van der Waals surface area contributed by atoms with Crippen LogP contribution in [0.1, 0.15) is 17.3 Å². The molecule has 1 aromatic carbocycles. The van der Waals surface area contributed by atoms with Crippen molar-refractivity contribution in [2.45, 2.75) is 20.0 Å². The summed E-state index contributed by atoms with van der Waals surface area (Å²) in [5.41, 5.74) is 1.66. The van der Waals surface area contributed by atoms with E-state index in [0.717, 1.165) is 34.0 Å². The molecule has 1 unspecified atom stereocenters. The second kappa shape index (κ2) is 7.31. The normalized spacial score (nSPS) is 12.6. The highest BCUT2D eigenvalue weighted by Gasteiger charge is 2.14. The van der Waals surface area contributed by atoms with E-state index in [1.165, 1.54) is 16.2 Å². The zero-order valence-electron chi connectivity index (χ0n) is 15.0. The maximum atomic E-state index is 12.5. The van der Waals surface area contributed by atoms with Crippen LogP contribution in [0, 0.1) is 6.92 Å². The Hall–Kier alpha value is -2.41. The molecule has 4 rings (SSSR count). The molecule has 0 aliphatic carbocycles. The summed E-state index contributed by atoms with van der Waals surface area (Å²) in [5.74, 6) is 2.50. The zero-order valence-corrected chi connectivity index (χ0v) is 16.6. The van der Waals surface area contributed by atoms with E-state index in [2.05, 4.69) is 17.0 Å². The van der Waals surface area contributed by atoms with E-state index in [1.807, 2.05) is 49.4 Å². The number of rotatable bonds is 5. The van der Waals surface area contributed by atoms with Gasteiger partial charge in [-0.3, -0.25) is 4.79 Å². The summed E-state index contributed by atoms with van der Waals surface area (Å²) >= 11 is 7.40. The molecule has 3 heterocycles. The number of thiophene rings is 1. The Kier molecular flexibility index (Phi) is 4.86. The molecule has 5 nitrogen and oxygen atoms in total. The highest BCUT2D eigenvalue weighted by molar-refractivity contribution is 7.22. The van der Waals surface area contributed by atoms with Crippen LogP contribution < -0.4 is 10.5 Å². The number of halogens is 1. The van der Waals surface area contributed by atoms with E-state index < -0.39 is 0 Å². The van der Waals surface area contributed by atoms with Gasteiger partial charge in [-0.05, 0) is 42.8 Å². The van der Waals surface area contributed by atoms with Crippen LogP contribution in [-0.2, 0) is 13.1 Å². The highest BCUT2D eigenvalue weighted by atomic mass is 35.5. The Labute approximate surface area is 165 Å². The number of hydrogen-bond acceptors (Lipinski definition) is 4. The van der Waals surface area contributed by atoms with Gasteiger partial charge in [0, 0.05) is 9.90 Å². The van der Waals surface area contributed by atoms with Crippen molar-refractivity contribution in [2.24, 2.45) is 0 Å². The maximum absolute atomic E-state index is 12.5. The average molecular weight is 401 g/mol. The van der Waals surface area contributed by atoms with Gasteiger partial charge >= 0.3 is 0 Å². The molecule has 4 aromatic rings. The summed E-state index contributed by atoms with van der Waals surface area (Å²) in [4.78, 5) is 22.3. The summed E-state index contributed by atoms with van der Waals surface area (Å²) in [7, 11) is 2.05. The first-order valence-electron chi connectivity index (χ1n) is 8.63. The highest BCUT2D eigenvalue weighted by Crippen LogP contribution is 2.31. The van der Waals surface area contributed by atoms with Gasteiger partial charge in [-0.2, -0.15) is 0 Å². The molecule has 0 fully saturated rings. The number of hydrogen-bond donors (Lipinski definition) is 2. The fourth-order valence-corrected chi connectivity index (χ4v) is 4.18. The first kappa shape index (κ1) is 18.0. The zero-order chi connectivity index (χ0) is 19.0. The lowest BCUT2D eigenvalue weighted by Crippen LogP contribution is -3.06. The minimum atomic E-state index is -0.0955. The van der Waals surface area contributed by atoms with E-state index in [1.54, 1.807) is 0 Å². The summed E-state index contributed by atoms with van der Waals surface area (Å²) in [6.45, 7) is 3.27. The van der Waals surface area contributed by atoms with Crippen molar-refractivity contribution >= 4 is 33.2 Å². The molecule has 0 saturated heterocycles. The minimum Gasteiger partial charge on any atom is -0.460 e. The van der Waals surface area contributed by atoms with Gasteiger partial charge in [-0.15, -0.1) is 11.3 Å². The largest absolute Gasteiger partial charge is 0.460 e. The Balaban J connectivity index is 1.59.